The highest BCUT2D eigenvalue weighted by Crippen LogP contribution is 2.24. The lowest BCUT2D eigenvalue weighted by molar-refractivity contribution is -0.260. The zero-order valence-corrected chi connectivity index (χ0v) is 8.59. The van der Waals surface area contributed by atoms with Gasteiger partial charge in [0.15, 0.2) is 0 Å². The van der Waals surface area contributed by atoms with Crippen LogP contribution < -0.4 is 0 Å². The van der Waals surface area contributed by atoms with Gasteiger partial charge in [-0.2, -0.15) is 0 Å². The first-order chi connectivity index (χ1) is 6.74. The fourth-order valence-electron chi connectivity index (χ4n) is 1.52. The van der Waals surface area contributed by atoms with Crippen LogP contribution in [0.15, 0.2) is 0 Å². The molecule has 0 amide bonds. The molecule has 80 valence electrons. The topological polar surface area (TPSA) is 52.6 Å². The first-order valence-electron chi connectivity index (χ1n) is 4.71. The van der Waals surface area contributed by atoms with Gasteiger partial charge in [-0.05, 0) is 12.8 Å². The summed E-state index contributed by atoms with van der Waals surface area (Å²) in [5.74, 6) is -1.62. The summed E-state index contributed by atoms with van der Waals surface area (Å²) in [4.78, 5) is 30.4. The third-order valence-corrected chi connectivity index (χ3v) is 2.48. The Balaban J connectivity index is 2.23. The molecule has 0 unspecified atom stereocenters. The summed E-state index contributed by atoms with van der Waals surface area (Å²) in [6.45, 7) is 0. The van der Waals surface area contributed by atoms with E-state index in [0.29, 0.717) is 0 Å². The quantitative estimate of drug-likeness (QED) is 0.405. The second-order valence-electron chi connectivity index (χ2n) is 3.33. The highest BCUT2D eigenvalue weighted by atomic mass is 35.5. The molecule has 1 fully saturated rings. The van der Waals surface area contributed by atoms with Crippen molar-refractivity contribution in [2.24, 2.45) is 5.92 Å². The van der Waals surface area contributed by atoms with Crippen LogP contribution in [0.4, 0.5) is 0 Å². The second kappa shape index (κ2) is 5.86. The molecule has 0 aromatic carbocycles. The van der Waals surface area contributed by atoms with E-state index in [1.54, 1.807) is 0 Å². The van der Waals surface area contributed by atoms with E-state index in [1.165, 1.54) is 0 Å². The van der Waals surface area contributed by atoms with Crippen molar-refractivity contribution in [2.45, 2.75) is 32.1 Å². The van der Waals surface area contributed by atoms with Gasteiger partial charge in [-0.15, -0.1) is 11.6 Å². The van der Waals surface area contributed by atoms with Crippen molar-refractivity contribution in [3.8, 4) is 0 Å². The fraction of sp³-hybridized carbons (Fsp3) is 0.778. The Hall–Kier alpha value is -0.770. The summed E-state index contributed by atoms with van der Waals surface area (Å²) < 4.78 is 0. The molecule has 0 N–H and O–H groups in total. The lowest BCUT2D eigenvalue weighted by Crippen LogP contribution is -2.22. The lowest BCUT2D eigenvalue weighted by atomic mass is 9.89. The van der Waals surface area contributed by atoms with Crippen LogP contribution in [0.25, 0.3) is 0 Å². The van der Waals surface area contributed by atoms with Crippen LogP contribution in [-0.2, 0) is 19.4 Å². The van der Waals surface area contributed by atoms with Gasteiger partial charge in [-0.25, -0.2) is 19.4 Å². The Morgan fingerprint density at radius 1 is 1.14 bits per heavy atom. The summed E-state index contributed by atoms with van der Waals surface area (Å²) in [5.41, 5.74) is 0. The molecular formula is C9H13ClO4. The Kier molecular flexibility index (Phi) is 4.73. The molecule has 0 aliphatic heterocycles. The number of alkyl halides is 1. The van der Waals surface area contributed by atoms with Crippen molar-refractivity contribution in [1.29, 1.82) is 0 Å². The molecule has 1 aliphatic rings. The Labute approximate surface area is 87.4 Å². The highest BCUT2D eigenvalue weighted by molar-refractivity contribution is 6.26. The minimum absolute atomic E-state index is 0.119. The van der Waals surface area contributed by atoms with Gasteiger partial charge < -0.3 is 0 Å². The molecular weight excluding hydrogens is 208 g/mol. The number of carbonyl (C=O) groups excluding carboxylic acids is 2. The molecule has 0 bridgehead atoms. The first kappa shape index (κ1) is 11.3. The van der Waals surface area contributed by atoms with Crippen molar-refractivity contribution in [3.63, 3.8) is 0 Å². The van der Waals surface area contributed by atoms with Crippen LogP contribution in [0, 0.1) is 5.92 Å². The Bertz CT molecular complexity index is 211. The van der Waals surface area contributed by atoms with E-state index in [2.05, 4.69) is 9.78 Å². The monoisotopic (exact) mass is 220 g/mol. The van der Waals surface area contributed by atoms with E-state index < -0.39 is 11.9 Å². The molecule has 0 spiro atoms. The third-order valence-electron chi connectivity index (χ3n) is 2.26. The number of hydrogen-bond donors (Lipinski definition) is 0. The smallest absolute Gasteiger partial charge is 0.247 e. The molecule has 1 rings (SSSR count). The Morgan fingerprint density at radius 2 is 1.79 bits per heavy atom. The van der Waals surface area contributed by atoms with Gasteiger partial charge in [0.1, 0.15) is 5.88 Å². The summed E-state index contributed by atoms with van der Waals surface area (Å²) in [6, 6.07) is 0. The van der Waals surface area contributed by atoms with Gasteiger partial charge in [-0.3, -0.25) is 0 Å². The molecule has 0 aromatic heterocycles. The zero-order valence-electron chi connectivity index (χ0n) is 7.83. The average Bonchev–Trinajstić information content (AvgIpc) is 2.26. The van der Waals surface area contributed by atoms with E-state index in [9.17, 15) is 9.59 Å². The van der Waals surface area contributed by atoms with Crippen molar-refractivity contribution in [3.05, 3.63) is 0 Å². The minimum Gasteiger partial charge on any atom is -0.247 e. The van der Waals surface area contributed by atoms with Gasteiger partial charge in [0, 0.05) is 0 Å². The van der Waals surface area contributed by atoms with Gasteiger partial charge >= 0.3 is 11.9 Å². The van der Waals surface area contributed by atoms with Crippen molar-refractivity contribution < 1.29 is 19.4 Å². The largest absolute Gasteiger partial charge is 0.370 e. The summed E-state index contributed by atoms with van der Waals surface area (Å²) >= 11 is 5.16. The SMILES string of the molecule is O=C(CCl)OOC(=O)C1CCCCC1. The van der Waals surface area contributed by atoms with Crippen LogP contribution in [0.1, 0.15) is 32.1 Å². The standard InChI is InChI=1S/C9H13ClO4/c10-6-8(11)13-14-9(12)7-4-2-1-3-5-7/h7H,1-6H2. The third kappa shape index (κ3) is 3.54. The number of carbonyl (C=O) groups is 2. The molecule has 4 nitrogen and oxygen atoms in total. The molecule has 0 radical (unpaired) electrons. The van der Waals surface area contributed by atoms with Gasteiger partial charge in [0.25, 0.3) is 0 Å². The van der Waals surface area contributed by atoms with E-state index in [-0.39, 0.29) is 11.8 Å². The minimum atomic E-state index is -0.740. The molecule has 1 saturated carbocycles. The van der Waals surface area contributed by atoms with E-state index in [1.807, 2.05) is 0 Å². The Morgan fingerprint density at radius 3 is 2.36 bits per heavy atom. The van der Waals surface area contributed by atoms with E-state index >= 15 is 0 Å². The molecule has 14 heavy (non-hydrogen) atoms. The maximum Gasteiger partial charge on any atom is 0.370 e. The molecule has 5 heteroatoms. The van der Waals surface area contributed by atoms with Crippen molar-refractivity contribution >= 4 is 23.5 Å². The number of rotatable bonds is 2. The van der Waals surface area contributed by atoms with Crippen LogP contribution >= 0.6 is 11.6 Å². The summed E-state index contributed by atoms with van der Waals surface area (Å²) in [6.07, 6.45) is 4.85. The van der Waals surface area contributed by atoms with Crippen molar-refractivity contribution in [1.82, 2.24) is 0 Å². The highest BCUT2D eigenvalue weighted by Gasteiger charge is 2.24. The van der Waals surface area contributed by atoms with Crippen LogP contribution in [0.2, 0.25) is 0 Å². The maximum atomic E-state index is 11.3. The predicted octanol–water partition coefficient (Wildman–Crippen LogP) is 1.81. The zero-order chi connectivity index (χ0) is 10.4. The molecule has 1 aliphatic carbocycles. The average molecular weight is 221 g/mol. The van der Waals surface area contributed by atoms with Gasteiger partial charge in [0.2, 0.25) is 0 Å². The maximum absolute atomic E-state index is 11.3. The summed E-state index contributed by atoms with van der Waals surface area (Å²) in [7, 11) is 0. The molecule has 0 heterocycles. The van der Waals surface area contributed by atoms with Crippen LogP contribution in [0.3, 0.4) is 0 Å². The summed E-state index contributed by atoms with van der Waals surface area (Å²) in [5, 5.41) is 0. The van der Waals surface area contributed by atoms with E-state index in [0.717, 1.165) is 32.1 Å². The first-order valence-corrected chi connectivity index (χ1v) is 5.24. The van der Waals surface area contributed by atoms with Crippen molar-refractivity contribution in [2.75, 3.05) is 5.88 Å². The van der Waals surface area contributed by atoms with Gasteiger partial charge in [-0.1, -0.05) is 19.3 Å². The molecule has 0 aromatic rings. The van der Waals surface area contributed by atoms with Crippen LogP contribution in [-0.4, -0.2) is 17.8 Å². The molecule has 0 atom stereocenters. The molecule has 0 saturated heterocycles. The lowest BCUT2D eigenvalue weighted by Gasteiger charge is -2.18. The number of hydrogen-bond acceptors (Lipinski definition) is 4. The van der Waals surface area contributed by atoms with Crippen LogP contribution in [0.5, 0.6) is 0 Å². The second-order valence-corrected chi connectivity index (χ2v) is 3.59. The normalized spacial score (nSPS) is 17.5. The predicted molar refractivity (Wildman–Crippen MR) is 49.5 cm³/mol. The van der Waals surface area contributed by atoms with E-state index in [4.69, 9.17) is 11.6 Å². The number of halogens is 1. The van der Waals surface area contributed by atoms with Gasteiger partial charge in [0.05, 0.1) is 5.92 Å². The fourth-order valence-corrected chi connectivity index (χ4v) is 1.56.